The third-order valence-corrected chi connectivity index (χ3v) is 7.22. The molecule has 9 heteroatoms. The Morgan fingerprint density at radius 3 is 2.17 bits per heavy atom. The molecule has 1 aliphatic heterocycles. The van der Waals surface area contributed by atoms with Crippen LogP contribution < -0.4 is 5.43 Å². The number of carbonyl (C=O) groups excluding carboxylic acids is 1. The van der Waals surface area contributed by atoms with E-state index in [4.69, 9.17) is 0 Å². The van der Waals surface area contributed by atoms with Crippen molar-refractivity contribution in [2.75, 3.05) is 13.1 Å². The van der Waals surface area contributed by atoms with Gasteiger partial charge in [-0.15, -0.1) is 4.91 Å². The topological polar surface area (TPSA) is 99.1 Å². The van der Waals surface area contributed by atoms with Gasteiger partial charge in [-0.2, -0.15) is 4.31 Å². The van der Waals surface area contributed by atoms with Gasteiger partial charge in [-0.3, -0.25) is 9.69 Å². The zero-order valence-electron chi connectivity index (χ0n) is 17.1. The number of benzene rings is 2. The molecule has 2 atom stereocenters. The summed E-state index contributed by atoms with van der Waals surface area (Å²) in [6.07, 6.45) is -0.0434. The Morgan fingerprint density at radius 1 is 1.00 bits per heavy atom. The van der Waals surface area contributed by atoms with E-state index >= 15 is 0 Å². The van der Waals surface area contributed by atoms with Gasteiger partial charge < -0.3 is 0 Å². The lowest BCUT2D eigenvalue weighted by molar-refractivity contribution is -0.120. The molecular weight excluding hydrogens is 404 g/mol. The molecule has 0 radical (unpaired) electrons. The van der Waals surface area contributed by atoms with Crippen molar-refractivity contribution in [2.24, 2.45) is 5.29 Å². The molecule has 0 saturated carbocycles. The number of nitroso groups, excluding NO2 is 1. The van der Waals surface area contributed by atoms with Crippen molar-refractivity contribution >= 4 is 15.9 Å². The fraction of sp³-hybridized carbons (Fsp3) is 0.381. The van der Waals surface area contributed by atoms with Crippen LogP contribution in [0.2, 0.25) is 0 Å². The van der Waals surface area contributed by atoms with E-state index in [1.807, 2.05) is 37.5 Å². The van der Waals surface area contributed by atoms with Crippen LogP contribution in [0.3, 0.4) is 0 Å². The molecule has 0 unspecified atom stereocenters. The lowest BCUT2D eigenvalue weighted by Gasteiger charge is -2.43. The van der Waals surface area contributed by atoms with E-state index in [0.29, 0.717) is 18.7 Å². The SMILES string of the molecule is C[C@@H]1CN(S(=O)(=O)c2ccc(CC(=O)NN=O)cc2)C[C@H](C)N1Cc1ccccc1. The monoisotopic (exact) mass is 430 g/mol. The Balaban J connectivity index is 1.69. The molecule has 2 aromatic carbocycles. The summed E-state index contributed by atoms with van der Waals surface area (Å²) in [5.74, 6) is -0.544. The van der Waals surface area contributed by atoms with Gasteiger partial charge in [-0.25, -0.2) is 13.8 Å². The summed E-state index contributed by atoms with van der Waals surface area (Å²) in [6, 6.07) is 16.5. The summed E-state index contributed by atoms with van der Waals surface area (Å²) in [7, 11) is -3.64. The number of nitrogens with zero attached hydrogens (tertiary/aromatic N) is 3. The van der Waals surface area contributed by atoms with Crippen molar-refractivity contribution in [3.63, 3.8) is 0 Å². The zero-order chi connectivity index (χ0) is 21.7. The smallest absolute Gasteiger partial charge is 0.247 e. The van der Waals surface area contributed by atoms with Gasteiger partial charge in [0.05, 0.1) is 16.6 Å². The highest BCUT2D eigenvalue weighted by molar-refractivity contribution is 7.89. The second kappa shape index (κ2) is 9.46. The van der Waals surface area contributed by atoms with Crippen LogP contribution in [0.1, 0.15) is 25.0 Å². The van der Waals surface area contributed by atoms with Crippen molar-refractivity contribution in [3.05, 3.63) is 70.6 Å². The predicted molar refractivity (Wildman–Crippen MR) is 114 cm³/mol. The first-order valence-corrected chi connectivity index (χ1v) is 11.2. The molecule has 0 aromatic heterocycles. The molecule has 1 heterocycles. The van der Waals surface area contributed by atoms with Crippen molar-refractivity contribution in [2.45, 2.75) is 43.8 Å². The fourth-order valence-corrected chi connectivity index (χ4v) is 5.42. The minimum Gasteiger partial charge on any atom is -0.291 e. The van der Waals surface area contributed by atoms with Crippen LogP contribution in [-0.4, -0.2) is 48.7 Å². The quantitative estimate of drug-likeness (QED) is 0.537. The molecule has 160 valence electrons. The first kappa shape index (κ1) is 22.1. The van der Waals surface area contributed by atoms with Gasteiger partial charge in [0.15, 0.2) is 0 Å². The molecule has 1 saturated heterocycles. The zero-order valence-corrected chi connectivity index (χ0v) is 17.9. The molecule has 0 bridgehead atoms. The minimum atomic E-state index is -3.64. The van der Waals surface area contributed by atoms with Crippen LogP contribution >= 0.6 is 0 Å². The molecule has 2 aromatic rings. The number of hydrogen-bond acceptors (Lipinski definition) is 6. The van der Waals surface area contributed by atoms with E-state index in [-0.39, 0.29) is 23.4 Å². The predicted octanol–water partition coefficient (Wildman–Crippen LogP) is 2.31. The van der Waals surface area contributed by atoms with Crippen LogP contribution in [0.5, 0.6) is 0 Å². The number of piperazine rings is 1. The molecule has 0 spiro atoms. The third-order valence-electron chi connectivity index (χ3n) is 5.37. The Kier molecular flexibility index (Phi) is 6.96. The van der Waals surface area contributed by atoms with Crippen molar-refractivity contribution in [1.82, 2.24) is 14.6 Å². The molecule has 3 rings (SSSR count). The molecule has 0 aliphatic carbocycles. The van der Waals surface area contributed by atoms with E-state index < -0.39 is 15.9 Å². The van der Waals surface area contributed by atoms with E-state index in [1.165, 1.54) is 22.0 Å². The number of nitrogens with one attached hydrogen (secondary N) is 1. The highest BCUT2D eigenvalue weighted by Gasteiger charge is 2.36. The molecule has 1 amide bonds. The molecule has 1 N–H and O–H groups in total. The van der Waals surface area contributed by atoms with Crippen LogP contribution in [0, 0.1) is 4.91 Å². The number of carbonyl (C=O) groups is 1. The van der Waals surface area contributed by atoms with Crippen molar-refractivity contribution < 1.29 is 13.2 Å². The molecule has 1 aliphatic rings. The summed E-state index contributed by atoms with van der Waals surface area (Å²) in [5, 5.41) is 2.34. The first-order valence-electron chi connectivity index (χ1n) is 9.81. The third kappa shape index (κ3) is 5.10. The molecule has 1 fully saturated rings. The minimum absolute atomic E-state index is 0.0434. The summed E-state index contributed by atoms with van der Waals surface area (Å²) in [6.45, 7) is 5.70. The van der Waals surface area contributed by atoms with Gasteiger partial charge in [0, 0.05) is 31.7 Å². The van der Waals surface area contributed by atoms with Gasteiger partial charge in [0.1, 0.15) is 0 Å². The van der Waals surface area contributed by atoms with Crippen LogP contribution in [-0.2, 0) is 27.8 Å². The fourth-order valence-electron chi connectivity index (χ4n) is 3.81. The normalized spacial score (nSPS) is 20.6. The maximum atomic E-state index is 13.2. The second-order valence-electron chi connectivity index (χ2n) is 7.62. The van der Waals surface area contributed by atoms with E-state index in [1.54, 1.807) is 12.1 Å². The van der Waals surface area contributed by atoms with E-state index in [2.05, 4.69) is 22.3 Å². The number of rotatable bonds is 7. The number of hydrogen-bond donors (Lipinski definition) is 1. The Morgan fingerprint density at radius 2 is 1.60 bits per heavy atom. The number of sulfonamides is 1. The summed E-state index contributed by atoms with van der Waals surface area (Å²) in [5.41, 5.74) is 3.63. The largest absolute Gasteiger partial charge is 0.291 e. The molecular formula is C21H26N4O4S. The summed E-state index contributed by atoms with van der Waals surface area (Å²) < 4.78 is 27.8. The second-order valence-corrected chi connectivity index (χ2v) is 9.56. The van der Waals surface area contributed by atoms with Crippen LogP contribution in [0.4, 0.5) is 0 Å². The Labute approximate surface area is 176 Å². The van der Waals surface area contributed by atoms with Gasteiger partial charge in [-0.05, 0) is 37.1 Å². The maximum absolute atomic E-state index is 13.2. The average molecular weight is 431 g/mol. The van der Waals surface area contributed by atoms with Crippen LogP contribution in [0.25, 0.3) is 0 Å². The van der Waals surface area contributed by atoms with Gasteiger partial charge >= 0.3 is 0 Å². The standard InChI is InChI=1S/C21H26N4O4S/c1-16-13-24(14-17(2)25(16)15-19-6-4-3-5-7-19)30(28,29)20-10-8-18(9-11-20)12-21(26)22-23-27/h3-11,16-17H,12-15H2,1-2H3,(H,22,26,27)/t16-,17+. The van der Waals surface area contributed by atoms with E-state index in [0.717, 1.165) is 6.54 Å². The summed E-state index contributed by atoms with van der Waals surface area (Å²) in [4.78, 5) is 24.0. The van der Waals surface area contributed by atoms with Crippen LogP contribution in [0.15, 0.2) is 64.8 Å². The Hall–Kier alpha value is -2.62. The average Bonchev–Trinajstić information content (AvgIpc) is 2.72. The summed E-state index contributed by atoms with van der Waals surface area (Å²) >= 11 is 0. The van der Waals surface area contributed by atoms with Crippen molar-refractivity contribution in [1.29, 1.82) is 0 Å². The van der Waals surface area contributed by atoms with Gasteiger partial charge in [0.25, 0.3) is 0 Å². The van der Waals surface area contributed by atoms with E-state index in [9.17, 15) is 18.1 Å². The van der Waals surface area contributed by atoms with Gasteiger partial charge in [-0.1, -0.05) is 42.5 Å². The highest BCUT2D eigenvalue weighted by Crippen LogP contribution is 2.25. The first-order chi connectivity index (χ1) is 14.3. The van der Waals surface area contributed by atoms with Crippen molar-refractivity contribution in [3.8, 4) is 0 Å². The number of amides is 1. The Bertz CT molecular complexity index is 968. The molecule has 30 heavy (non-hydrogen) atoms. The molecule has 8 nitrogen and oxygen atoms in total. The van der Waals surface area contributed by atoms with Gasteiger partial charge in [0.2, 0.25) is 15.9 Å². The maximum Gasteiger partial charge on any atom is 0.247 e. The lowest BCUT2D eigenvalue weighted by atomic mass is 10.1. The lowest BCUT2D eigenvalue weighted by Crippen LogP contribution is -2.57. The highest BCUT2D eigenvalue weighted by atomic mass is 32.2.